The minimum Gasteiger partial charge on any atom is -0.308 e. The Hall–Kier alpha value is -2.45. The Bertz CT molecular complexity index is 1150. The van der Waals surface area contributed by atoms with Crippen LogP contribution in [0.3, 0.4) is 0 Å². The Labute approximate surface area is 175 Å². The Balaban J connectivity index is 1.69. The van der Waals surface area contributed by atoms with Crippen LogP contribution in [0.25, 0.3) is 0 Å². The fourth-order valence-corrected chi connectivity index (χ4v) is 4.86. The van der Waals surface area contributed by atoms with E-state index in [-0.39, 0.29) is 22.2 Å². The van der Waals surface area contributed by atoms with Gasteiger partial charge in [-0.1, -0.05) is 41.6 Å². The first-order valence-corrected chi connectivity index (χ1v) is 11.7. The molecule has 0 unspecified atom stereocenters. The summed E-state index contributed by atoms with van der Waals surface area (Å²) < 4.78 is 26.9. The van der Waals surface area contributed by atoms with Crippen molar-refractivity contribution in [1.29, 1.82) is 0 Å². The lowest BCUT2D eigenvalue weighted by Gasteiger charge is -2.06. The number of Topliss-reactive ketones (excluding diaryl/α,β-unsaturated/α-hetero) is 1. The maximum Gasteiger partial charge on any atom is 0.191 e. The van der Waals surface area contributed by atoms with E-state index in [4.69, 9.17) is 0 Å². The third-order valence-corrected chi connectivity index (χ3v) is 7.43. The number of sulfone groups is 1. The predicted molar refractivity (Wildman–Crippen MR) is 114 cm³/mol. The molecular formula is C21H23N3O3S2. The molecule has 0 spiro atoms. The highest BCUT2D eigenvalue weighted by atomic mass is 32.2. The van der Waals surface area contributed by atoms with E-state index >= 15 is 0 Å². The maximum absolute atomic E-state index is 12.6. The fraction of sp³-hybridized carbons (Fsp3) is 0.286. The van der Waals surface area contributed by atoms with Crippen molar-refractivity contribution in [3.63, 3.8) is 0 Å². The Morgan fingerprint density at radius 1 is 1.00 bits per heavy atom. The van der Waals surface area contributed by atoms with E-state index in [1.165, 1.54) is 11.8 Å². The molecule has 0 aliphatic carbocycles. The van der Waals surface area contributed by atoms with Crippen molar-refractivity contribution in [2.24, 2.45) is 7.05 Å². The van der Waals surface area contributed by atoms with Gasteiger partial charge in [-0.05, 0) is 50.1 Å². The number of rotatable bonds is 7. The second kappa shape index (κ2) is 8.51. The molecule has 0 amide bonds. The SMILES string of the molecule is Cc1ccc(S(=O)(=O)Cc2nnc(SCC(=O)c3ccc(C)c(C)c3)n2C)cc1. The van der Waals surface area contributed by atoms with Crippen molar-refractivity contribution in [2.75, 3.05) is 5.75 Å². The van der Waals surface area contributed by atoms with Crippen molar-refractivity contribution in [2.45, 2.75) is 36.6 Å². The molecule has 8 heteroatoms. The third kappa shape index (κ3) is 4.94. The van der Waals surface area contributed by atoms with Crippen LogP contribution in [-0.4, -0.2) is 34.7 Å². The molecular weight excluding hydrogens is 406 g/mol. The summed E-state index contributed by atoms with van der Waals surface area (Å²) in [7, 11) is -1.81. The van der Waals surface area contributed by atoms with Crippen LogP contribution in [0.5, 0.6) is 0 Å². The van der Waals surface area contributed by atoms with Crippen molar-refractivity contribution < 1.29 is 13.2 Å². The second-order valence-corrected chi connectivity index (χ2v) is 9.97. The number of hydrogen-bond donors (Lipinski definition) is 0. The zero-order valence-corrected chi connectivity index (χ0v) is 18.5. The highest BCUT2D eigenvalue weighted by Gasteiger charge is 2.20. The molecule has 0 aliphatic rings. The van der Waals surface area contributed by atoms with Crippen molar-refractivity contribution in [1.82, 2.24) is 14.8 Å². The zero-order chi connectivity index (χ0) is 21.2. The van der Waals surface area contributed by atoms with Gasteiger partial charge >= 0.3 is 0 Å². The zero-order valence-electron chi connectivity index (χ0n) is 16.8. The quantitative estimate of drug-likeness (QED) is 0.421. The number of ketones is 1. The molecule has 1 heterocycles. The molecule has 0 atom stereocenters. The monoisotopic (exact) mass is 429 g/mol. The number of aryl methyl sites for hydroxylation is 3. The maximum atomic E-state index is 12.6. The number of carbonyl (C=O) groups is 1. The van der Waals surface area contributed by atoms with Crippen LogP contribution >= 0.6 is 11.8 Å². The van der Waals surface area contributed by atoms with Gasteiger partial charge in [0.15, 0.2) is 20.8 Å². The van der Waals surface area contributed by atoms with Crippen LogP contribution in [0.15, 0.2) is 52.5 Å². The largest absolute Gasteiger partial charge is 0.308 e. The highest BCUT2D eigenvalue weighted by Crippen LogP contribution is 2.21. The Morgan fingerprint density at radius 3 is 2.34 bits per heavy atom. The molecule has 0 N–H and O–H groups in total. The van der Waals surface area contributed by atoms with Crippen LogP contribution in [0.1, 0.15) is 32.9 Å². The lowest BCUT2D eigenvalue weighted by Crippen LogP contribution is -2.10. The van der Waals surface area contributed by atoms with Crippen LogP contribution in [-0.2, 0) is 22.6 Å². The summed E-state index contributed by atoms with van der Waals surface area (Å²) in [6, 6.07) is 12.4. The van der Waals surface area contributed by atoms with E-state index in [0.717, 1.165) is 16.7 Å². The molecule has 29 heavy (non-hydrogen) atoms. The minimum absolute atomic E-state index is 0.00470. The van der Waals surface area contributed by atoms with Gasteiger partial charge in [-0.3, -0.25) is 4.79 Å². The first-order chi connectivity index (χ1) is 13.7. The summed E-state index contributed by atoms with van der Waals surface area (Å²) in [5.41, 5.74) is 3.87. The van der Waals surface area contributed by atoms with E-state index in [2.05, 4.69) is 10.2 Å². The second-order valence-electron chi connectivity index (χ2n) is 7.04. The number of nitrogens with zero attached hydrogens (tertiary/aromatic N) is 3. The average molecular weight is 430 g/mol. The van der Waals surface area contributed by atoms with Crippen molar-refractivity contribution in [3.8, 4) is 0 Å². The van der Waals surface area contributed by atoms with Crippen molar-refractivity contribution in [3.05, 3.63) is 70.5 Å². The molecule has 2 aromatic carbocycles. The number of aromatic nitrogens is 3. The first-order valence-electron chi connectivity index (χ1n) is 9.08. The van der Waals surface area contributed by atoms with Crippen molar-refractivity contribution >= 4 is 27.4 Å². The van der Waals surface area contributed by atoms with Crippen LogP contribution in [0.2, 0.25) is 0 Å². The molecule has 0 aliphatic heterocycles. The van der Waals surface area contributed by atoms with E-state index in [0.29, 0.717) is 16.5 Å². The molecule has 6 nitrogen and oxygen atoms in total. The summed E-state index contributed by atoms with van der Waals surface area (Å²) in [5.74, 6) is 0.298. The van der Waals surface area contributed by atoms with Gasteiger partial charge in [-0.15, -0.1) is 10.2 Å². The lowest BCUT2D eigenvalue weighted by molar-refractivity contribution is 0.102. The van der Waals surface area contributed by atoms with Crippen LogP contribution < -0.4 is 0 Å². The van der Waals surface area contributed by atoms with Gasteiger partial charge in [0, 0.05) is 12.6 Å². The molecule has 0 saturated carbocycles. The van der Waals surface area contributed by atoms with Gasteiger partial charge in [0.1, 0.15) is 11.6 Å². The molecule has 0 bridgehead atoms. The number of carbonyl (C=O) groups excluding carboxylic acids is 1. The average Bonchev–Trinajstić information content (AvgIpc) is 3.01. The van der Waals surface area contributed by atoms with Gasteiger partial charge in [0.05, 0.1) is 10.6 Å². The lowest BCUT2D eigenvalue weighted by atomic mass is 10.0. The first kappa shape index (κ1) is 21.3. The standard InChI is InChI=1S/C21H23N3O3S2/c1-14-5-9-18(10-6-14)29(26,27)13-20-22-23-21(24(20)4)28-12-19(25)17-8-7-15(2)16(3)11-17/h5-11H,12-13H2,1-4H3. The van der Waals surface area contributed by atoms with E-state index in [1.807, 2.05) is 39.0 Å². The fourth-order valence-electron chi connectivity index (χ4n) is 2.72. The van der Waals surface area contributed by atoms with Gasteiger partial charge < -0.3 is 4.57 Å². The Kier molecular flexibility index (Phi) is 6.24. The number of benzene rings is 2. The summed E-state index contributed by atoms with van der Waals surface area (Å²) in [6.45, 7) is 5.88. The topological polar surface area (TPSA) is 81.9 Å². The predicted octanol–water partition coefficient (Wildman–Crippen LogP) is 3.69. The molecule has 152 valence electrons. The number of thioether (sulfide) groups is 1. The Morgan fingerprint density at radius 2 is 1.69 bits per heavy atom. The number of hydrogen-bond acceptors (Lipinski definition) is 6. The van der Waals surface area contributed by atoms with Crippen LogP contribution in [0.4, 0.5) is 0 Å². The normalized spacial score (nSPS) is 11.6. The molecule has 3 aromatic rings. The van der Waals surface area contributed by atoms with E-state index in [1.54, 1.807) is 35.9 Å². The third-order valence-electron chi connectivity index (χ3n) is 4.79. The summed E-state index contributed by atoms with van der Waals surface area (Å²) in [5, 5.41) is 8.60. The summed E-state index contributed by atoms with van der Waals surface area (Å²) in [4.78, 5) is 12.7. The van der Waals surface area contributed by atoms with Gasteiger partial charge in [-0.2, -0.15) is 0 Å². The van der Waals surface area contributed by atoms with Gasteiger partial charge in [-0.25, -0.2) is 8.42 Å². The van der Waals surface area contributed by atoms with E-state index in [9.17, 15) is 13.2 Å². The summed E-state index contributed by atoms with van der Waals surface area (Å²) >= 11 is 1.25. The minimum atomic E-state index is -3.52. The van der Waals surface area contributed by atoms with Gasteiger partial charge in [0.25, 0.3) is 0 Å². The molecule has 0 fully saturated rings. The summed E-state index contributed by atoms with van der Waals surface area (Å²) in [6.07, 6.45) is 0. The molecule has 1 aromatic heterocycles. The molecule has 3 rings (SSSR count). The van der Waals surface area contributed by atoms with Crippen LogP contribution in [0, 0.1) is 20.8 Å². The molecule has 0 saturated heterocycles. The van der Waals surface area contributed by atoms with Gasteiger partial charge in [0.2, 0.25) is 0 Å². The highest BCUT2D eigenvalue weighted by molar-refractivity contribution is 7.99. The van der Waals surface area contributed by atoms with E-state index < -0.39 is 9.84 Å². The molecule has 0 radical (unpaired) electrons. The smallest absolute Gasteiger partial charge is 0.191 e.